The summed E-state index contributed by atoms with van der Waals surface area (Å²) in [5, 5.41) is 4.88. The van der Waals surface area contributed by atoms with Crippen molar-refractivity contribution in [2.75, 3.05) is 6.61 Å². The van der Waals surface area contributed by atoms with E-state index in [9.17, 15) is 22.0 Å². The lowest BCUT2D eigenvalue weighted by Gasteiger charge is -2.10. The Kier molecular flexibility index (Phi) is 4.41. The van der Waals surface area contributed by atoms with E-state index in [2.05, 4.69) is 0 Å². The number of primary sulfonamides is 1. The first-order valence-electron chi connectivity index (χ1n) is 7.59. The van der Waals surface area contributed by atoms with Crippen LogP contribution in [0.5, 0.6) is 0 Å². The number of halogens is 2. The van der Waals surface area contributed by atoms with E-state index in [4.69, 9.17) is 9.88 Å². The van der Waals surface area contributed by atoms with Gasteiger partial charge in [-0.25, -0.2) is 27.1 Å². The molecule has 2 aromatic carbocycles. The van der Waals surface area contributed by atoms with Crippen molar-refractivity contribution in [2.24, 2.45) is 5.14 Å². The summed E-state index contributed by atoms with van der Waals surface area (Å²) in [6.45, 7) is 3.52. The molecule has 1 aliphatic rings. The highest BCUT2D eigenvalue weighted by Crippen LogP contribution is 2.35. The summed E-state index contributed by atoms with van der Waals surface area (Å²) in [5.41, 5.74) is 2.47. The number of carbonyl (C=O) groups is 1. The van der Waals surface area contributed by atoms with Gasteiger partial charge in [0.25, 0.3) is 0 Å². The first-order valence-corrected chi connectivity index (χ1v) is 9.14. The Morgan fingerprint density at radius 2 is 1.73 bits per heavy atom. The van der Waals surface area contributed by atoms with Gasteiger partial charge in [0.15, 0.2) is 0 Å². The van der Waals surface area contributed by atoms with Crippen molar-refractivity contribution in [3.8, 4) is 0 Å². The molecule has 0 aliphatic carbocycles. The SMILES string of the molecule is Cc1ccc(C2=C(c3cc(F)c(S(N)(=O)=O)cc3F)COC2=O)cc1C. The third kappa shape index (κ3) is 3.13. The van der Waals surface area contributed by atoms with Gasteiger partial charge < -0.3 is 4.74 Å². The van der Waals surface area contributed by atoms with Gasteiger partial charge in [0.2, 0.25) is 10.0 Å². The lowest BCUT2D eigenvalue weighted by molar-refractivity contribution is -0.133. The molecule has 1 heterocycles. The second-order valence-corrected chi connectivity index (χ2v) is 7.57. The van der Waals surface area contributed by atoms with Crippen LogP contribution in [0.2, 0.25) is 0 Å². The fourth-order valence-corrected chi connectivity index (χ4v) is 3.38. The number of aryl methyl sites for hydroxylation is 2. The molecule has 0 saturated heterocycles. The lowest BCUT2D eigenvalue weighted by atomic mass is 9.94. The molecule has 2 aromatic rings. The van der Waals surface area contributed by atoms with Gasteiger partial charge in [-0.05, 0) is 42.7 Å². The highest BCUT2D eigenvalue weighted by molar-refractivity contribution is 7.89. The molecule has 1 aliphatic heterocycles. The van der Waals surface area contributed by atoms with E-state index in [-0.39, 0.29) is 23.3 Å². The van der Waals surface area contributed by atoms with E-state index in [0.29, 0.717) is 17.7 Å². The molecule has 0 amide bonds. The van der Waals surface area contributed by atoms with E-state index in [1.165, 1.54) is 0 Å². The number of hydrogen-bond donors (Lipinski definition) is 1. The Morgan fingerprint density at radius 3 is 2.35 bits per heavy atom. The van der Waals surface area contributed by atoms with Crippen molar-refractivity contribution >= 4 is 27.1 Å². The molecule has 5 nitrogen and oxygen atoms in total. The number of rotatable bonds is 3. The highest BCUT2D eigenvalue weighted by atomic mass is 32.2. The first kappa shape index (κ1) is 18.2. The summed E-state index contributed by atoms with van der Waals surface area (Å²) >= 11 is 0. The van der Waals surface area contributed by atoms with Crippen LogP contribution in [0.25, 0.3) is 11.1 Å². The number of carbonyl (C=O) groups excluding carboxylic acids is 1. The molecule has 8 heteroatoms. The number of esters is 1. The summed E-state index contributed by atoms with van der Waals surface area (Å²) < 4.78 is 56.3. The lowest BCUT2D eigenvalue weighted by Crippen LogP contribution is -2.15. The quantitative estimate of drug-likeness (QED) is 0.831. The molecule has 2 N–H and O–H groups in total. The summed E-state index contributed by atoms with van der Waals surface area (Å²) in [6.07, 6.45) is 0. The number of cyclic esters (lactones) is 1. The highest BCUT2D eigenvalue weighted by Gasteiger charge is 2.30. The zero-order valence-electron chi connectivity index (χ0n) is 14.0. The van der Waals surface area contributed by atoms with Gasteiger partial charge in [-0.15, -0.1) is 0 Å². The molecule has 0 radical (unpaired) electrons. The van der Waals surface area contributed by atoms with Gasteiger partial charge in [0, 0.05) is 11.1 Å². The van der Waals surface area contributed by atoms with Gasteiger partial charge in [-0.3, -0.25) is 0 Å². The Labute approximate surface area is 149 Å². The maximum absolute atomic E-state index is 14.5. The van der Waals surface area contributed by atoms with Crippen LogP contribution >= 0.6 is 0 Å². The number of nitrogens with two attached hydrogens (primary N) is 1. The molecule has 0 atom stereocenters. The fraction of sp³-hybridized carbons (Fsp3) is 0.167. The molecule has 0 bridgehead atoms. The molecule has 26 heavy (non-hydrogen) atoms. The standard InChI is InChI=1S/C18H15F2NO4S/c1-9-3-4-11(5-10(9)2)17-13(8-25-18(17)22)12-6-15(20)16(7-14(12)19)26(21,23)24/h3-7H,8H2,1-2H3,(H2,21,23,24). The third-order valence-electron chi connectivity index (χ3n) is 4.30. The zero-order chi connectivity index (χ0) is 19.2. The Balaban J connectivity index is 2.23. The Bertz CT molecular complexity index is 1070. The molecule has 0 spiro atoms. The zero-order valence-corrected chi connectivity index (χ0v) is 14.8. The van der Waals surface area contributed by atoms with Crippen molar-refractivity contribution in [2.45, 2.75) is 18.7 Å². The van der Waals surface area contributed by atoms with Crippen LogP contribution in [-0.2, 0) is 19.6 Å². The Morgan fingerprint density at radius 1 is 1.04 bits per heavy atom. The molecular formula is C18H15F2NO4S. The fourth-order valence-electron chi connectivity index (χ4n) is 2.78. The van der Waals surface area contributed by atoms with Crippen LogP contribution in [0.4, 0.5) is 8.78 Å². The number of hydrogen-bond acceptors (Lipinski definition) is 4. The van der Waals surface area contributed by atoms with Gasteiger partial charge in [-0.1, -0.05) is 18.2 Å². The second-order valence-electron chi connectivity index (χ2n) is 6.04. The molecule has 0 unspecified atom stereocenters. The van der Waals surface area contributed by atoms with Crippen LogP contribution in [0.1, 0.15) is 22.3 Å². The van der Waals surface area contributed by atoms with Crippen LogP contribution in [-0.4, -0.2) is 21.0 Å². The summed E-state index contributed by atoms with van der Waals surface area (Å²) in [5.74, 6) is -2.86. The van der Waals surface area contributed by atoms with Crippen molar-refractivity contribution in [1.82, 2.24) is 0 Å². The van der Waals surface area contributed by atoms with Crippen LogP contribution < -0.4 is 5.14 Å². The molecule has 136 valence electrons. The van der Waals surface area contributed by atoms with Crippen molar-refractivity contribution in [3.05, 3.63) is 64.2 Å². The molecule has 3 rings (SSSR count). The molecule has 0 aromatic heterocycles. The van der Waals surface area contributed by atoms with Crippen LogP contribution in [0, 0.1) is 25.5 Å². The summed E-state index contributed by atoms with van der Waals surface area (Å²) in [6, 6.07) is 6.48. The molecule has 0 fully saturated rings. The predicted octanol–water partition coefficient (Wildman–Crippen LogP) is 2.70. The maximum Gasteiger partial charge on any atom is 0.339 e. The van der Waals surface area contributed by atoms with Crippen molar-refractivity contribution in [1.29, 1.82) is 0 Å². The van der Waals surface area contributed by atoms with Crippen molar-refractivity contribution < 1.29 is 26.7 Å². The normalized spacial score (nSPS) is 14.7. The first-order chi connectivity index (χ1) is 12.1. The monoisotopic (exact) mass is 379 g/mol. The largest absolute Gasteiger partial charge is 0.457 e. The summed E-state index contributed by atoms with van der Waals surface area (Å²) in [7, 11) is -4.41. The maximum atomic E-state index is 14.5. The summed E-state index contributed by atoms with van der Waals surface area (Å²) in [4.78, 5) is 11.2. The van der Waals surface area contributed by atoms with Gasteiger partial charge in [-0.2, -0.15) is 0 Å². The predicted molar refractivity (Wildman–Crippen MR) is 91.4 cm³/mol. The number of ether oxygens (including phenoxy) is 1. The Hall–Kier alpha value is -2.58. The third-order valence-corrected chi connectivity index (χ3v) is 5.23. The average molecular weight is 379 g/mol. The topological polar surface area (TPSA) is 86.5 Å². The molecule has 0 saturated carbocycles. The smallest absolute Gasteiger partial charge is 0.339 e. The van der Waals surface area contributed by atoms with Crippen LogP contribution in [0.15, 0.2) is 35.2 Å². The molecular weight excluding hydrogens is 364 g/mol. The number of sulfonamides is 1. The van der Waals surface area contributed by atoms with Crippen molar-refractivity contribution in [3.63, 3.8) is 0 Å². The van der Waals surface area contributed by atoms with Crippen LogP contribution in [0.3, 0.4) is 0 Å². The van der Waals surface area contributed by atoms with E-state index in [1.807, 2.05) is 19.9 Å². The van der Waals surface area contributed by atoms with Gasteiger partial charge >= 0.3 is 5.97 Å². The minimum atomic E-state index is -4.41. The van der Waals surface area contributed by atoms with E-state index in [0.717, 1.165) is 11.1 Å². The van der Waals surface area contributed by atoms with Gasteiger partial charge in [0.1, 0.15) is 23.1 Å². The van der Waals surface area contributed by atoms with E-state index in [1.54, 1.807) is 12.1 Å². The second kappa shape index (κ2) is 6.30. The minimum absolute atomic E-state index is 0.120. The van der Waals surface area contributed by atoms with E-state index < -0.39 is 32.5 Å². The average Bonchev–Trinajstić information content (AvgIpc) is 2.92. The minimum Gasteiger partial charge on any atom is -0.457 e. The van der Waals surface area contributed by atoms with Gasteiger partial charge in [0.05, 0.1) is 5.57 Å². The van der Waals surface area contributed by atoms with E-state index >= 15 is 0 Å². The number of benzene rings is 2.